The van der Waals surface area contributed by atoms with Crippen molar-refractivity contribution in [3.05, 3.63) is 29.8 Å². The third-order valence-corrected chi connectivity index (χ3v) is 3.46. The van der Waals surface area contributed by atoms with E-state index in [9.17, 15) is 9.59 Å². The number of carboxylic acids is 1. The molecule has 0 saturated heterocycles. The van der Waals surface area contributed by atoms with Crippen LogP contribution < -0.4 is 10.1 Å². The molecule has 0 aliphatic heterocycles. The molecule has 0 fully saturated rings. The van der Waals surface area contributed by atoms with E-state index in [0.29, 0.717) is 11.7 Å². The number of carbonyl (C=O) groups is 2. The third-order valence-electron chi connectivity index (χ3n) is 3.46. The van der Waals surface area contributed by atoms with Crippen LogP contribution in [0, 0.1) is 5.41 Å². The SMILES string of the molecule is CC(NC(=O)C(C)(C)COc1cccc(C(C)C)c1)C(=O)O. The smallest absolute Gasteiger partial charge is 0.325 e. The average molecular weight is 307 g/mol. The molecule has 0 saturated carbocycles. The molecular weight excluding hydrogens is 282 g/mol. The van der Waals surface area contributed by atoms with Crippen LogP contribution in [0.4, 0.5) is 0 Å². The number of nitrogens with one attached hydrogen (secondary N) is 1. The molecule has 0 bridgehead atoms. The lowest BCUT2D eigenvalue weighted by atomic mass is 9.93. The first-order valence-electron chi connectivity index (χ1n) is 7.40. The van der Waals surface area contributed by atoms with Gasteiger partial charge in [-0.2, -0.15) is 0 Å². The number of hydrogen-bond donors (Lipinski definition) is 2. The van der Waals surface area contributed by atoms with E-state index < -0.39 is 17.4 Å². The summed E-state index contributed by atoms with van der Waals surface area (Å²) in [5.74, 6) is -0.299. The van der Waals surface area contributed by atoms with Gasteiger partial charge in [-0.3, -0.25) is 9.59 Å². The van der Waals surface area contributed by atoms with E-state index in [1.165, 1.54) is 12.5 Å². The number of ether oxygens (including phenoxy) is 1. The Balaban J connectivity index is 2.67. The Morgan fingerprint density at radius 1 is 1.27 bits per heavy atom. The van der Waals surface area contributed by atoms with Gasteiger partial charge in [0.15, 0.2) is 0 Å². The van der Waals surface area contributed by atoms with Gasteiger partial charge in [0.25, 0.3) is 0 Å². The van der Waals surface area contributed by atoms with Crippen LogP contribution in [0.2, 0.25) is 0 Å². The number of amides is 1. The standard InChI is InChI=1S/C17H25NO4/c1-11(2)13-7-6-8-14(9-13)22-10-17(4,5)16(21)18-12(3)15(19)20/h6-9,11-12H,10H2,1-5H3,(H,18,21)(H,19,20). The predicted molar refractivity (Wildman–Crippen MR) is 85.0 cm³/mol. The molecule has 122 valence electrons. The van der Waals surface area contributed by atoms with E-state index in [4.69, 9.17) is 9.84 Å². The highest BCUT2D eigenvalue weighted by Crippen LogP contribution is 2.23. The summed E-state index contributed by atoms with van der Waals surface area (Å²) in [7, 11) is 0. The monoisotopic (exact) mass is 307 g/mol. The Morgan fingerprint density at radius 2 is 1.91 bits per heavy atom. The van der Waals surface area contributed by atoms with Gasteiger partial charge in [-0.1, -0.05) is 26.0 Å². The largest absolute Gasteiger partial charge is 0.492 e. The van der Waals surface area contributed by atoms with Gasteiger partial charge < -0.3 is 15.2 Å². The van der Waals surface area contributed by atoms with Crippen LogP contribution >= 0.6 is 0 Å². The summed E-state index contributed by atoms with van der Waals surface area (Å²) in [6.45, 7) is 9.26. The highest BCUT2D eigenvalue weighted by Gasteiger charge is 2.30. The van der Waals surface area contributed by atoms with E-state index in [1.807, 2.05) is 24.3 Å². The van der Waals surface area contributed by atoms with Crippen LogP contribution in [-0.4, -0.2) is 29.6 Å². The summed E-state index contributed by atoms with van der Waals surface area (Å²) in [5, 5.41) is 11.3. The molecule has 1 rings (SSSR count). The predicted octanol–water partition coefficient (Wildman–Crippen LogP) is 2.80. The van der Waals surface area contributed by atoms with Gasteiger partial charge in [0, 0.05) is 0 Å². The Morgan fingerprint density at radius 3 is 2.45 bits per heavy atom. The lowest BCUT2D eigenvalue weighted by molar-refractivity contribution is -0.143. The zero-order valence-electron chi connectivity index (χ0n) is 13.8. The fourth-order valence-corrected chi connectivity index (χ4v) is 1.75. The molecule has 0 aliphatic rings. The number of carbonyl (C=O) groups excluding carboxylic acids is 1. The van der Waals surface area contributed by atoms with Gasteiger partial charge in [-0.05, 0) is 44.4 Å². The molecule has 5 heteroatoms. The van der Waals surface area contributed by atoms with E-state index in [2.05, 4.69) is 19.2 Å². The van der Waals surface area contributed by atoms with Crippen molar-refractivity contribution in [2.75, 3.05) is 6.61 Å². The van der Waals surface area contributed by atoms with Crippen molar-refractivity contribution in [3.8, 4) is 5.75 Å². The Hall–Kier alpha value is -2.04. The minimum atomic E-state index is -1.06. The van der Waals surface area contributed by atoms with Crippen molar-refractivity contribution in [1.82, 2.24) is 5.32 Å². The highest BCUT2D eigenvalue weighted by atomic mass is 16.5. The van der Waals surface area contributed by atoms with Gasteiger partial charge in [0.1, 0.15) is 18.4 Å². The topological polar surface area (TPSA) is 75.6 Å². The summed E-state index contributed by atoms with van der Waals surface area (Å²) in [6.07, 6.45) is 0. The van der Waals surface area contributed by atoms with Crippen LogP contribution in [-0.2, 0) is 9.59 Å². The number of rotatable bonds is 7. The van der Waals surface area contributed by atoms with Crippen LogP contribution in [0.5, 0.6) is 5.75 Å². The van der Waals surface area contributed by atoms with Crippen LogP contribution in [0.15, 0.2) is 24.3 Å². The average Bonchev–Trinajstić information content (AvgIpc) is 2.45. The Kier molecular flexibility index (Phi) is 5.97. The maximum atomic E-state index is 12.1. The van der Waals surface area contributed by atoms with Crippen LogP contribution in [0.3, 0.4) is 0 Å². The number of hydrogen-bond acceptors (Lipinski definition) is 3. The van der Waals surface area contributed by atoms with Crippen molar-refractivity contribution >= 4 is 11.9 Å². The molecule has 1 aromatic rings. The molecule has 2 N–H and O–H groups in total. The normalized spacial score (nSPS) is 12.8. The van der Waals surface area contributed by atoms with E-state index in [-0.39, 0.29) is 12.5 Å². The Labute approximate surface area is 131 Å². The molecule has 1 aromatic carbocycles. The number of carboxylic acid groups (broad SMARTS) is 1. The number of benzene rings is 1. The first-order valence-corrected chi connectivity index (χ1v) is 7.40. The van der Waals surface area contributed by atoms with Gasteiger partial charge in [-0.15, -0.1) is 0 Å². The Bertz CT molecular complexity index is 537. The summed E-state index contributed by atoms with van der Waals surface area (Å²) >= 11 is 0. The molecule has 0 aliphatic carbocycles. The summed E-state index contributed by atoms with van der Waals surface area (Å²) in [6, 6.07) is 6.84. The molecule has 0 heterocycles. The van der Waals surface area contributed by atoms with Gasteiger partial charge in [0.2, 0.25) is 5.91 Å². The molecule has 1 unspecified atom stereocenters. The summed E-state index contributed by atoms with van der Waals surface area (Å²) in [4.78, 5) is 22.9. The molecule has 1 atom stereocenters. The summed E-state index contributed by atoms with van der Waals surface area (Å²) < 4.78 is 5.72. The molecule has 22 heavy (non-hydrogen) atoms. The summed E-state index contributed by atoms with van der Waals surface area (Å²) in [5.41, 5.74) is 0.344. The van der Waals surface area contributed by atoms with Gasteiger partial charge in [0.05, 0.1) is 5.41 Å². The van der Waals surface area contributed by atoms with Gasteiger partial charge >= 0.3 is 5.97 Å². The van der Waals surface area contributed by atoms with E-state index >= 15 is 0 Å². The first kappa shape index (κ1) is 18.0. The van der Waals surface area contributed by atoms with Crippen molar-refractivity contribution in [3.63, 3.8) is 0 Å². The maximum Gasteiger partial charge on any atom is 0.325 e. The second-order valence-electron chi connectivity index (χ2n) is 6.43. The second-order valence-corrected chi connectivity index (χ2v) is 6.43. The van der Waals surface area contributed by atoms with Crippen molar-refractivity contribution in [2.45, 2.75) is 46.6 Å². The zero-order chi connectivity index (χ0) is 16.9. The lowest BCUT2D eigenvalue weighted by Crippen LogP contribution is -2.47. The van der Waals surface area contributed by atoms with Gasteiger partial charge in [-0.25, -0.2) is 0 Å². The second kappa shape index (κ2) is 7.29. The van der Waals surface area contributed by atoms with E-state index in [0.717, 1.165) is 0 Å². The van der Waals surface area contributed by atoms with E-state index in [1.54, 1.807) is 13.8 Å². The maximum absolute atomic E-state index is 12.1. The lowest BCUT2D eigenvalue weighted by Gasteiger charge is -2.25. The molecule has 0 aromatic heterocycles. The molecule has 5 nitrogen and oxygen atoms in total. The minimum Gasteiger partial charge on any atom is -0.492 e. The third kappa shape index (κ3) is 5.06. The zero-order valence-corrected chi connectivity index (χ0v) is 13.8. The van der Waals surface area contributed by atoms with Crippen LogP contribution in [0.1, 0.15) is 46.1 Å². The molecule has 0 radical (unpaired) electrons. The highest BCUT2D eigenvalue weighted by molar-refractivity contribution is 5.86. The number of aliphatic carboxylic acids is 1. The first-order chi connectivity index (χ1) is 10.1. The quantitative estimate of drug-likeness (QED) is 0.812. The van der Waals surface area contributed by atoms with Crippen molar-refractivity contribution in [1.29, 1.82) is 0 Å². The molecule has 0 spiro atoms. The molecule has 1 amide bonds. The van der Waals surface area contributed by atoms with Crippen molar-refractivity contribution in [2.24, 2.45) is 5.41 Å². The minimum absolute atomic E-state index is 0.173. The fraction of sp³-hybridized carbons (Fsp3) is 0.529. The molecular formula is C17H25NO4. The van der Waals surface area contributed by atoms with Crippen LogP contribution in [0.25, 0.3) is 0 Å². The fourth-order valence-electron chi connectivity index (χ4n) is 1.75. The van der Waals surface area contributed by atoms with Crippen molar-refractivity contribution < 1.29 is 19.4 Å².